The van der Waals surface area contributed by atoms with E-state index in [1.807, 2.05) is 18.2 Å². The maximum Gasteiger partial charge on any atom is 0.136 e. The normalized spacial score (nSPS) is 11.2. The number of rotatable bonds is 1. The largest absolute Gasteiger partial charge is 0.456 e. The van der Waals surface area contributed by atoms with E-state index in [1.165, 1.54) is 27.5 Å². The number of furan rings is 1. The first-order chi connectivity index (χ1) is 9.83. The number of aryl methyl sites for hydroxylation is 1. The molecular weight excluding hydrogens is 244 g/mol. The van der Waals surface area contributed by atoms with Crippen molar-refractivity contribution < 1.29 is 4.42 Å². The Morgan fingerprint density at radius 3 is 2.30 bits per heavy atom. The summed E-state index contributed by atoms with van der Waals surface area (Å²) in [5, 5.41) is 2.38. The Labute approximate surface area is 117 Å². The Hall–Kier alpha value is -2.54. The average molecular weight is 258 g/mol. The molecule has 0 fully saturated rings. The highest BCUT2D eigenvalue weighted by Gasteiger charge is 2.11. The van der Waals surface area contributed by atoms with Crippen LogP contribution in [-0.2, 0) is 0 Å². The highest BCUT2D eigenvalue weighted by atomic mass is 16.3. The van der Waals surface area contributed by atoms with Crippen LogP contribution in [0.1, 0.15) is 5.56 Å². The van der Waals surface area contributed by atoms with E-state index in [2.05, 4.69) is 55.5 Å². The molecule has 0 radical (unpaired) electrons. The summed E-state index contributed by atoms with van der Waals surface area (Å²) in [5.41, 5.74) is 5.63. The third-order valence-corrected chi connectivity index (χ3v) is 3.77. The number of fused-ring (bicyclic) bond motifs is 3. The zero-order valence-corrected chi connectivity index (χ0v) is 11.3. The first-order valence-corrected chi connectivity index (χ1v) is 6.80. The van der Waals surface area contributed by atoms with Crippen LogP contribution in [0.3, 0.4) is 0 Å². The van der Waals surface area contributed by atoms with Crippen molar-refractivity contribution in [2.24, 2.45) is 0 Å². The average Bonchev–Trinajstić information content (AvgIpc) is 2.86. The van der Waals surface area contributed by atoms with Gasteiger partial charge in [-0.15, -0.1) is 0 Å². The molecule has 20 heavy (non-hydrogen) atoms. The van der Waals surface area contributed by atoms with Crippen molar-refractivity contribution >= 4 is 21.9 Å². The Morgan fingerprint density at radius 2 is 1.45 bits per heavy atom. The van der Waals surface area contributed by atoms with Gasteiger partial charge >= 0.3 is 0 Å². The summed E-state index contributed by atoms with van der Waals surface area (Å²) in [6, 6.07) is 23.1. The zero-order valence-electron chi connectivity index (χ0n) is 11.3. The van der Waals surface area contributed by atoms with Gasteiger partial charge in [0.1, 0.15) is 11.2 Å². The number of hydrogen-bond donors (Lipinski definition) is 0. The van der Waals surface area contributed by atoms with E-state index in [-0.39, 0.29) is 0 Å². The van der Waals surface area contributed by atoms with Crippen LogP contribution in [-0.4, -0.2) is 0 Å². The van der Waals surface area contributed by atoms with Gasteiger partial charge in [-0.2, -0.15) is 0 Å². The minimum Gasteiger partial charge on any atom is -0.456 e. The smallest absolute Gasteiger partial charge is 0.136 e. The molecule has 0 spiro atoms. The first kappa shape index (κ1) is 11.3. The molecule has 0 unspecified atom stereocenters. The van der Waals surface area contributed by atoms with E-state index in [9.17, 15) is 0 Å². The predicted octanol–water partition coefficient (Wildman–Crippen LogP) is 5.56. The van der Waals surface area contributed by atoms with E-state index >= 15 is 0 Å². The fourth-order valence-corrected chi connectivity index (χ4v) is 2.75. The van der Waals surface area contributed by atoms with E-state index < -0.39 is 0 Å². The molecule has 3 aromatic carbocycles. The van der Waals surface area contributed by atoms with Gasteiger partial charge in [0.05, 0.1) is 0 Å². The maximum absolute atomic E-state index is 5.94. The van der Waals surface area contributed by atoms with Gasteiger partial charge in [0, 0.05) is 10.8 Å². The summed E-state index contributed by atoms with van der Waals surface area (Å²) < 4.78 is 5.94. The summed E-state index contributed by atoms with van der Waals surface area (Å²) >= 11 is 0. The van der Waals surface area contributed by atoms with Crippen LogP contribution in [0.25, 0.3) is 33.1 Å². The molecule has 4 aromatic rings. The van der Waals surface area contributed by atoms with Gasteiger partial charge in [-0.1, -0.05) is 60.2 Å². The number of benzene rings is 3. The second-order valence-electron chi connectivity index (χ2n) is 5.14. The van der Waals surface area contributed by atoms with E-state index in [1.54, 1.807) is 0 Å². The molecule has 0 aliphatic carbocycles. The lowest BCUT2D eigenvalue weighted by Gasteiger charge is -2.04. The molecule has 0 atom stereocenters. The molecule has 0 N–H and O–H groups in total. The van der Waals surface area contributed by atoms with Crippen LogP contribution in [0.5, 0.6) is 0 Å². The lowest BCUT2D eigenvalue weighted by atomic mass is 9.99. The molecule has 1 heteroatoms. The lowest BCUT2D eigenvalue weighted by Crippen LogP contribution is -1.80. The third-order valence-electron chi connectivity index (χ3n) is 3.77. The molecule has 0 saturated heterocycles. The van der Waals surface area contributed by atoms with Crippen molar-refractivity contribution in [3.05, 3.63) is 72.3 Å². The van der Waals surface area contributed by atoms with Crippen LogP contribution in [0, 0.1) is 6.92 Å². The van der Waals surface area contributed by atoms with Gasteiger partial charge in [0.25, 0.3) is 0 Å². The summed E-state index contributed by atoms with van der Waals surface area (Å²) in [7, 11) is 0. The van der Waals surface area contributed by atoms with Gasteiger partial charge in [-0.3, -0.25) is 0 Å². The topological polar surface area (TPSA) is 13.1 Å². The maximum atomic E-state index is 5.94. The van der Waals surface area contributed by atoms with Crippen LogP contribution in [0.15, 0.2) is 71.1 Å². The van der Waals surface area contributed by atoms with E-state index in [0.29, 0.717) is 0 Å². The minimum absolute atomic E-state index is 0.946. The molecule has 0 aliphatic rings. The molecule has 1 heterocycles. The van der Waals surface area contributed by atoms with E-state index in [0.717, 1.165) is 11.2 Å². The summed E-state index contributed by atoms with van der Waals surface area (Å²) in [6.07, 6.45) is 0. The molecule has 1 nitrogen and oxygen atoms in total. The highest BCUT2D eigenvalue weighted by molar-refractivity contribution is 6.12. The summed E-state index contributed by atoms with van der Waals surface area (Å²) in [6.45, 7) is 2.11. The van der Waals surface area contributed by atoms with Gasteiger partial charge in [0.2, 0.25) is 0 Å². The Bertz CT molecular complexity index is 898. The van der Waals surface area contributed by atoms with Crippen molar-refractivity contribution in [1.29, 1.82) is 0 Å². The summed E-state index contributed by atoms with van der Waals surface area (Å²) in [4.78, 5) is 0. The monoisotopic (exact) mass is 258 g/mol. The molecule has 1 aromatic heterocycles. The van der Waals surface area contributed by atoms with Crippen molar-refractivity contribution in [3.8, 4) is 11.1 Å². The van der Waals surface area contributed by atoms with Gasteiger partial charge < -0.3 is 4.42 Å². The predicted molar refractivity (Wildman–Crippen MR) is 83.9 cm³/mol. The fraction of sp³-hybridized carbons (Fsp3) is 0.0526. The molecular formula is C19H14O. The fourth-order valence-electron chi connectivity index (χ4n) is 2.75. The summed E-state index contributed by atoms with van der Waals surface area (Å²) in [5.74, 6) is 0. The standard InChI is InChI=1S/C19H14O/c1-13-9-11-14(12-10-13)15-6-4-8-18-19(15)16-5-2-3-7-17(16)20-18/h2-12H,1H3. The zero-order chi connectivity index (χ0) is 13.5. The van der Waals surface area contributed by atoms with E-state index in [4.69, 9.17) is 4.42 Å². The van der Waals surface area contributed by atoms with Crippen molar-refractivity contribution in [1.82, 2.24) is 0 Å². The van der Waals surface area contributed by atoms with Gasteiger partial charge in [-0.25, -0.2) is 0 Å². The van der Waals surface area contributed by atoms with Gasteiger partial charge in [-0.05, 0) is 30.2 Å². The molecule has 0 bridgehead atoms. The molecule has 0 aliphatic heterocycles. The minimum atomic E-state index is 0.946. The van der Waals surface area contributed by atoms with Crippen LogP contribution in [0.4, 0.5) is 0 Å². The molecule has 0 saturated carbocycles. The first-order valence-electron chi connectivity index (χ1n) is 6.80. The molecule has 96 valence electrons. The third kappa shape index (κ3) is 1.64. The van der Waals surface area contributed by atoms with Crippen molar-refractivity contribution in [2.45, 2.75) is 6.92 Å². The van der Waals surface area contributed by atoms with Crippen LogP contribution >= 0.6 is 0 Å². The highest BCUT2D eigenvalue weighted by Crippen LogP contribution is 2.36. The van der Waals surface area contributed by atoms with Crippen LogP contribution in [0.2, 0.25) is 0 Å². The van der Waals surface area contributed by atoms with Gasteiger partial charge in [0.15, 0.2) is 0 Å². The molecule has 4 rings (SSSR count). The Kier molecular flexibility index (Phi) is 2.40. The lowest BCUT2D eigenvalue weighted by molar-refractivity contribution is 0.669. The second-order valence-corrected chi connectivity index (χ2v) is 5.14. The second kappa shape index (κ2) is 4.24. The van der Waals surface area contributed by atoms with Crippen molar-refractivity contribution in [3.63, 3.8) is 0 Å². The number of hydrogen-bond acceptors (Lipinski definition) is 1. The van der Waals surface area contributed by atoms with Crippen LogP contribution < -0.4 is 0 Å². The quantitative estimate of drug-likeness (QED) is 0.435. The number of para-hydroxylation sites is 1. The Balaban J connectivity index is 2.11. The Morgan fingerprint density at radius 1 is 0.700 bits per heavy atom. The molecule has 0 amide bonds. The SMILES string of the molecule is Cc1ccc(-c2cccc3oc4ccccc4c23)cc1. The van der Waals surface area contributed by atoms with Crippen molar-refractivity contribution in [2.75, 3.05) is 0 Å².